The summed E-state index contributed by atoms with van der Waals surface area (Å²) in [5.41, 5.74) is -3.17. The van der Waals surface area contributed by atoms with Gasteiger partial charge < -0.3 is 4.74 Å². The monoisotopic (exact) mass is 487 g/mol. The van der Waals surface area contributed by atoms with Gasteiger partial charge in [-0.2, -0.15) is 26.3 Å². The molecule has 29 heavy (non-hydrogen) atoms. The molecule has 0 spiro atoms. The quantitative estimate of drug-likeness (QED) is 0.467. The Morgan fingerprint density at radius 1 is 0.966 bits per heavy atom. The summed E-state index contributed by atoms with van der Waals surface area (Å²) in [6.45, 7) is -0.939. The second kappa shape index (κ2) is 8.60. The lowest BCUT2D eigenvalue weighted by molar-refractivity contribution is -0.143. The number of ether oxygens (including phenoxy) is 1. The van der Waals surface area contributed by atoms with Crippen molar-refractivity contribution in [2.24, 2.45) is 0 Å². The van der Waals surface area contributed by atoms with E-state index in [1.165, 1.54) is 6.07 Å². The van der Waals surface area contributed by atoms with Crippen LogP contribution < -0.4 is 0 Å². The molecule has 0 bridgehead atoms. The van der Waals surface area contributed by atoms with Crippen LogP contribution in [0.15, 0.2) is 40.9 Å². The highest BCUT2D eigenvalue weighted by molar-refractivity contribution is 9.10. The highest BCUT2D eigenvalue weighted by atomic mass is 79.9. The lowest BCUT2D eigenvalue weighted by Gasteiger charge is -2.23. The molecule has 0 heterocycles. The first-order valence-corrected chi connectivity index (χ1v) is 8.65. The summed E-state index contributed by atoms with van der Waals surface area (Å²) in [5.74, 6) is -0.633. The van der Waals surface area contributed by atoms with Crippen molar-refractivity contribution in [2.75, 3.05) is 7.11 Å². The highest BCUT2D eigenvalue weighted by Gasteiger charge is 2.37. The smallest absolute Gasteiger partial charge is 0.416 e. The Balaban J connectivity index is 2.45. The number of hydrogen-bond donors (Lipinski definition) is 0. The minimum Gasteiger partial charge on any atom is -0.453 e. The summed E-state index contributed by atoms with van der Waals surface area (Å²) in [6, 6.07) is 4.60. The number of carbonyl (C=O) groups is 1. The van der Waals surface area contributed by atoms with Gasteiger partial charge in [0.05, 0.1) is 24.8 Å². The Bertz CT molecular complexity index is 865. The van der Waals surface area contributed by atoms with Crippen molar-refractivity contribution < 1.29 is 40.3 Å². The van der Waals surface area contributed by atoms with Crippen molar-refractivity contribution in [3.05, 3.63) is 68.9 Å². The Morgan fingerprint density at radius 2 is 1.52 bits per heavy atom. The zero-order chi connectivity index (χ0) is 22.0. The average Bonchev–Trinajstić information content (AvgIpc) is 2.61. The van der Waals surface area contributed by atoms with Crippen LogP contribution in [0, 0.1) is 5.82 Å². The summed E-state index contributed by atoms with van der Waals surface area (Å²) in [7, 11) is 1.00. The molecule has 0 fully saturated rings. The van der Waals surface area contributed by atoms with Gasteiger partial charge in [0.2, 0.25) is 0 Å². The molecule has 0 aliphatic heterocycles. The average molecular weight is 488 g/mol. The number of carbonyl (C=O) groups excluding carboxylic acids is 1. The molecule has 1 amide bonds. The third kappa shape index (κ3) is 6.09. The Kier molecular flexibility index (Phi) is 6.82. The second-order valence-corrected chi connectivity index (χ2v) is 6.83. The Hall–Kier alpha value is -2.30. The van der Waals surface area contributed by atoms with Crippen LogP contribution >= 0.6 is 15.9 Å². The van der Waals surface area contributed by atoms with Gasteiger partial charge in [-0.3, -0.25) is 4.90 Å². The number of methoxy groups -OCH3 is 1. The number of amides is 1. The van der Waals surface area contributed by atoms with Crippen molar-refractivity contribution in [3.63, 3.8) is 0 Å². The van der Waals surface area contributed by atoms with E-state index in [2.05, 4.69) is 20.7 Å². The minimum absolute atomic E-state index is 0.00482. The molecular weight excluding hydrogens is 475 g/mol. The van der Waals surface area contributed by atoms with E-state index in [1.807, 2.05) is 0 Å². The van der Waals surface area contributed by atoms with Crippen LogP contribution in [-0.2, 0) is 30.2 Å². The van der Waals surface area contributed by atoms with Gasteiger partial charge in [0.25, 0.3) is 0 Å². The molecule has 3 nitrogen and oxygen atoms in total. The molecular formula is C18H13BrF7NO2. The highest BCUT2D eigenvalue weighted by Crippen LogP contribution is 2.36. The number of hydrogen-bond acceptors (Lipinski definition) is 2. The van der Waals surface area contributed by atoms with Gasteiger partial charge in [-0.1, -0.05) is 15.9 Å². The number of halogens is 8. The van der Waals surface area contributed by atoms with Crippen LogP contribution in [0.25, 0.3) is 0 Å². The molecule has 2 aromatic rings. The SMILES string of the molecule is COC(=O)N(Cc1cc(C(F)(F)F)cc(C(F)(F)F)c1)Cc1cc(F)ccc1Br. The molecule has 11 heteroatoms. The van der Waals surface area contributed by atoms with Gasteiger partial charge >= 0.3 is 18.4 Å². The molecule has 2 aromatic carbocycles. The van der Waals surface area contributed by atoms with Crippen molar-refractivity contribution >= 4 is 22.0 Å². The predicted octanol–water partition coefficient (Wildman–Crippen LogP) is 6.39. The Labute approximate surface area is 169 Å². The molecule has 158 valence electrons. The summed E-state index contributed by atoms with van der Waals surface area (Å²) in [4.78, 5) is 12.9. The zero-order valence-corrected chi connectivity index (χ0v) is 16.3. The van der Waals surface area contributed by atoms with Gasteiger partial charge in [0.15, 0.2) is 0 Å². The molecule has 0 radical (unpaired) electrons. The first-order chi connectivity index (χ1) is 13.3. The van der Waals surface area contributed by atoms with E-state index in [0.29, 0.717) is 16.6 Å². The van der Waals surface area contributed by atoms with Crippen molar-refractivity contribution in [3.8, 4) is 0 Å². The Morgan fingerprint density at radius 3 is 2.00 bits per heavy atom. The van der Waals surface area contributed by atoms with Crippen molar-refractivity contribution in [1.82, 2.24) is 4.90 Å². The summed E-state index contributed by atoms with van der Waals surface area (Å²) in [6.07, 6.45) is -11.0. The van der Waals surface area contributed by atoms with Crippen molar-refractivity contribution in [1.29, 1.82) is 0 Å². The van der Waals surface area contributed by atoms with Crippen LogP contribution in [0.5, 0.6) is 0 Å². The van der Waals surface area contributed by atoms with Crippen LogP contribution in [-0.4, -0.2) is 18.1 Å². The van der Waals surface area contributed by atoms with Gasteiger partial charge in [0, 0.05) is 11.0 Å². The third-order valence-electron chi connectivity index (χ3n) is 3.82. The third-order valence-corrected chi connectivity index (χ3v) is 4.60. The van der Waals surface area contributed by atoms with Gasteiger partial charge in [0.1, 0.15) is 5.82 Å². The fourth-order valence-electron chi connectivity index (χ4n) is 2.52. The van der Waals surface area contributed by atoms with Crippen LogP contribution in [0.4, 0.5) is 35.5 Å². The fraction of sp³-hybridized carbons (Fsp3) is 0.278. The largest absolute Gasteiger partial charge is 0.453 e. The van der Waals surface area contributed by atoms with Crippen LogP contribution in [0.3, 0.4) is 0 Å². The predicted molar refractivity (Wildman–Crippen MR) is 92.2 cm³/mol. The normalized spacial score (nSPS) is 12.0. The van der Waals surface area contributed by atoms with E-state index in [1.54, 1.807) is 0 Å². The second-order valence-electron chi connectivity index (χ2n) is 5.98. The molecule has 0 unspecified atom stereocenters. The van der Waals surface area contributed by atoms with E-state index in [9.17, 15) is 35.5 Å². The van der Waals surface area contributed by atoms with E-state index < -0.39 is 47.5 Å². The lowest BCUT2D eigenvalue weighted by Crippen LogP contribution is -2.30. The molecule has 0 N–H and O–H groups in total. The minimum atomic E-state index is -5.02. The van der Waals surface area contributed by atoms with E-state index in [-0.39, 0.29) is 18.2 Å². The summed E-state index contributed by atoms with van der Waals surface area (Å²) in [5, 5.41) is 0. The van der Waals surface area contributed by atoms with E-state index in [4.69, 9.17) is 0 Å². The van der Waals surface area contributed by atoms with Crippen LogP contribution in [0.2, 0.25) is 0 Å². The first-order valence-electron chi connectivity index (χ1n) is 7.86. The van der Waals surface area contributed by atoms with Gasteiger partial charge in [-0.25, -0.2) is 9.18 Å². The van der Waals surface area contributed by atoms with E-state index >= 15 is 0 Å². The standard InChI is InChI=1S/C18H13BrF7NO2/c1-29-16(28)27(9-11-6-14(20)2-3-15(11)19)8-10-4-12(17(21,22)23)7-13(5-10)18(24,25)26/h2-7H,8-9H2,1H3. The van der Waals surface area contributed by atoms with Gasteiger partial charge in [-0.15, -0.1) is 0 Å². The van der Waals surface area contributed by atoms with Gasteiger partial charge in [-0.05, 0) is 47.5 Å². The molecule has 0 saturated carbocycles. The maximum absolute atomic E-state index is 13.5. The van der Waals surface area contributed by atoms with Crippen molar-refractivity contribution in [2.45, 2.75) is 25.4 Å². The maximum Gasteiger partial charge on any atom is 0.416 e. The molecule has 0 aromatic heterocycles. The molecule has 0 saturated heterocycles. The summed E-state index contributed by atoms with van der Waals surface area (Å²) < 4.78 is 96.6. The number of benzene rings is 2. The lowest BCUT2D eigenvalue weighted by atomic mass is 10.0. The topological polar surface area (TPSA) is 29.5 Å². The zero-order valence-electron chi connectivity index (χ0n) is 14.7. The fourth-order valence-corrected chi connectivity index (χ4v) is 2.89. The number of alkyl halides is 6. The van der Waals surface area contributed by atoms with E-state index in [0.717, 1.165) is 24.1 Å². The maximum atomic E-state index is 13.5. The summed E-state index contributed by atoms with van der Waals surface area (Å²) >= 11 is 3.15. The molecule has 0 aliphatic rings. The molecule has 0 atom stereocenters. The molecule has 2 rings (SSSR count). The van der Waals surface area contributed by atoms with Crippen LogP contribution in [0.1, 0.15) is 22.3 Å². The molecule has 0 aliphatic carbocycles. The first kappa shape index (κ1) is 23.0. The number of nitrogens with zero attached hydrogens (tertiary/aromatic N) is 1. The number of rotatable bonds is 4.